The molecule has 2 aromatic heterocycles. The van der Waals surface area contributed by atoms with Crippen LogP contribution in [0.3, 0.4) is 0 Å². The van der Waals surface area contributed by atoms with Crippen LogP contribution in [0.1, 0.15) is 44.7 Å². The molecule has 26 heavy (non-hydrogen) atoms. The fraction of sp³-hybridized carbons (Fsp3) is 0.412. The first-order valence-electron chi connectivity index (χ1n) is 8.10. The first-order valence-corrected chi connectivity index (χ1v) is 9.80. The summed E-state index contributed by atoms with van der Waals surface area (Å²) in [6.45, 7) is 8.18. The van der Waals surface area contributed by atoms with Crippen LogP contribution in [0.4, 0.5) is 10.8 Å². The van der Waals surface area contributed by atoms with Crippen molar-refractivity contribution in [3.05, 3.63) is 36.0 Å². The van der Waals surface area contributed by atoms with E-state index in [4.69, 9.17) is 9.26 Å². The Bertz CT molecular complexity index is 872. The average molecular weight is 392 g/mol. The zero-order valence-corrected chi connectivity index (χ0v) is 16.9. The number of nitrogens with zero attached hydrogens (tertiary/aromatic N) is 4. The first-order chi connectivity index (χ1) is 12.3. The Hall–Kier alpha value is -2.13. The van der Waals surface area contributed by atoms with Crippen molar-refractivity contribution in [1.82, 2.24) is 20.3 Å². The van der Waals surface area contributed by atoms with Crippen molar-refractivity contribution in [2.45, 2.75) is 42.7 Å². The van der Waals surface area contributed by atoms with Crippen LogP contribution in [-0.2, 0) is 5.41 Å². The summed E-state index contributed by atoms with van der Waals surface area (Å²) in [6.07, 6.45) is 0. The molecule has 0 radical (unpaired) electrons. The molecule has 3 aromatic rings. The van der Waals surface area contributed by atoms with E-state index in [-0.39, 0.29) is 10.7 Å². The van der Waals surface area contributed by atoms with E-state index in [9.17, 15) is 0 Å². The van der Waals surface area contributed by atoms with Crippen molar-refractivity contribution in [2.75, 3.05) is 12.4 Å². The van der Waals surface area contributed by atoms with Gasteiger partial charge in [0.25, 0.3) is 0 Å². The van der Waals surface area contributed by atoms with Crippen molar-refractivity contribution >= 4 is 33.9 Å². The summed E-state index contributed by atoms with van der Waals surface area (Å²) in [6, 6.07) is 7.67. The minimum Gasteiger partial charge on any atom is -0.497 e. The number of aromatic nitrogens is 4. The summed E-state index contributed by atoms with van der Waals surface area (Å²) in [5.74, 6) is 2.09. The van der Waals surface area contributed by atoms with Gasteiger partial charge in [0.05, 0.1) is 12.4 Å². The van der Waals surface area contributed by atoms with Crippen molar-refractivity contribution in [3.63, 3.8) is 0 Å². The molecule has 1 aromatic carbocycles. The summed E-state index contributed by atoms with van der Waals surface area (Å²) in [5.41, 5.74) is 0.764. The number of nitrogens with one attached hydrogen (secondary N) is 1. The molecule has 0 aliphatic rings. The second-order valence-electron chi connectivity index (χ2n) is 6.70. The number of thioether (sulfide) groups is 1. The van der Waals surface area contributed by atoms with Crippen LogP contribution in [0.2, 0.25) is 0 Å². The molecule has 0 bridgehead atoms. The lowest BCUT2D eigenvalue weighted by atomic mass is 9.96. The van der Waals surface area contributed by atoms with Gasteiger partial charge in [-0.1, -0.05) is 55.1 Å². The topological polar surface area (TPSA) is 86.0 Å². The maximum atomic E-state index is 5.40. The molecular formula is C17H21N5O2S2. The SMILES string of the molecule is COc1cccc(Nc2nnc(SC(C)c3nc(C(C)(C)C)no3)s2)c1. The third kappa shape index (κ3) is 4.53. The lowest BCUT2D eigenvalue weighted by Gasteiger charge is -2.11. The third-order valence-corrected chi connectivity index (χ3v) is 5.48. The van der Waals surface area contributed by atoms with E-state index < -0.39 is 0 Å². The Morgan fingerprint density at radius 2 is 2.08 bits per heavy atom. The van der Waals surface area contributed by atoms with Crippen molar-refractivity contribution < 1.29 is 9.26 Å². The number of rotatable bonds is 6. The Morgan fingerprint density at radius 3 is 2.77 bits per heavy atom. The van der Waals surface area contributed by atoms with Crippen LogP contribution in [0.25, 0.3) is 0 Å². The maximum absolute atomic E-state index is 5.40. The molecule has 1 unspecified atom stereocenters. The van der Waals surface area contributed by atoms with Crippen molar-refractivity contribution in [2.24, 2.45) is 0 Å². The molecule has 0 saturated carbocycles. The van der Waals surface area contributed by atoms with Gasteiger partial charge >= 0.3 is 0 Å². The zero-order valence-electron chi connectivity index (χ0n) is 15.3. The predicted molar refractivity (Wildman–Crippen MR) is 103 cm³/mol. The highest BCUT2D eigenvalue weighted by molar-refractivity contribution is 8.01. The monoisotopic (exact) mass is 391 g/mol. The lowest BCUT2D eigenvalue weighted by Crippen LogP contribution is -2.13. The van der Waals surface area contributed by atoms with Gasteiger partial charge in [-0.05, 0) is 19.1 Å². The number of anilines is 2. The number of benzene rings is 1. The van der Waals surface area contributed by atoms with Gasteiger partial charge in [-0.25, -0.2) is 0 Å². The summed E-state index contributed by atoms with van der Waals surface area (Å²) in [5, 5.41) is 16.4. The Kier molecular flexibility index (Phi) is 5.47. The van der Waals surface area contributed by atoms with Crippen LogP contribution in [0.15, 0.2) is 33.1 Å². The van der Waals surface area contributed by atoms with E-state index >= 15 is 0 Å². The van der Waals surface area contributed by atoms with Crippen LogP contribution in [-0.4, -0.2) is 27.4 Å². The van der Waals surface area contributed by atoms with Gasteiger partial charge in [-0.15, -0.1) is 10.2 Å². The fourth-order valence-electron chi connectivity index (χ4n) is 2.04. The summed E-state index contributed by atoms with van der Waals surface area (Å²) >= 11 is 3.02. The molecule has 0 saturated heterocycles. The number of hydrogen-bond donors (Lipinski definition) is 1. The number of methoxy groups -OCH3 is 1. The van der Waals surface area contributed by atoms with Gasteiger partial charge in [-0.2, -0.15) is 4.98 Å². The zero-order chi connectivity index (χ0) is 18.7. The summed E-state index contributed by atoms with van der Waals surface area (Å²) < 4.78 is 11.5. The predicted octanol–water partition coefficient (Wildman–Crippen LogP) is 4.82. The van der Waals surface area contributed by atoms with E-state index in [2.05, 4.69) is 46.4 Å². The highest BCUT2D eigenvalue weighted by Gasteiger charge is 2.24. The quantitative estimate of drug-likeness (QED) is 0.598. The molecule has 7 nitrogen and oxygen atoms in total. The van der Waals surface area contributed by atoms with Crippen LogP contribution in [0, 0.1) is 0 Å². The van der Waals surface area contributed by atoms with Gasteiger partial charge in [0.2, 0.25) is 11.0 Å². The van der Waals surface area contributed by atoms with Gasteiger partial charge in [0.15, 0.2) is 10.2 Å². The van der Waals surface area contributed by atoms with Crippen LogP contribution >= 0.6 is 23.1 Å². The fourth-order valence-corrected chi connectivity index (χ4v) is 3.99. The molecule has 2 heterocycles. The van der Waals surface area contributed by atoms with E-state index in [0.717, 1.165) is 15.8 Å². The standard InChI is InChI=1S/C17H21N5O2S2/c1-10(13-19-14(22-24-13)17(2,3)4)25-16-21-20-15(26-16)18-11-7-6-8-12(9-11)23-5/h6-10H,1-5H3,(H,18,20). The highest BCUT2D eigenvalue weighted by atomic mass is 32.2. The smallest absolute Gasteiger partial charge is 0.239 e. The largest absolute Gasteiger partial charge is 0.497 e. The van der Waals surface area contributed by atoms with Crippen molar-refractivity contribution in [1.29, 1.82) is 0 Å². The number of hydrogen-bond acceptors (Lipinski definition) is 9. The third-order valence-electron chi connectivity index (χ3n) is 3.47. The molecule has 0 spiro atoms. The minimum absolute atomic E-state index is 0.00350. The summed E-state index contributed by atoms with van der Waals surface area (Å²) in [4.78, 5) is 4.50. The van der Waals surface area contributed by atoms with E-state index in [1.54, 1.807) is 18.9 Å². The molecule has 1 N–H and O–H groups in total. The van der Waals surface area contributed by atoms with E-state index in [1.807, 2.05) is 31.2 Å². The normalized spacial score (nSPS) is 12.8. The number of ether oxygens (including phenoxy) is 1. The Morgan fingerprint density at radius 1 is 1.27 bits per heavy atom. The molecular weight excluding hydrogens is 370 g/mol. The molecule has 1 atom stereocenters. The van der Waals surface area contributed by atoms with E-state index in [0.29, 0.717) is 16.8 Å². The van der Waals surface area contributed by atoms with Crippen LogP contribution in [0.5, 0.6) is 5.75 Å². The van der Waals surface area contributed by atoms with Gasteiger partial charge < -0.3 is 14.6 Å². The molecule has 0 aliphatic heterocycles. The van der Waals surface area contributed by atoms with Gasteiger partial charge in [-0.3, -0.25) is 0 Å². The van der Waals surface area contributed by atoms with Crippen LogP contribution < -0.4 is 10.1 Å². The molecule has 3 rings (SSSR count). The molecule has 0 fully saturated rings. The minimum atomic E-state index is -0.136. The first kappa shape index (κ1) is 18.7. The second-order valence-corrected chi connectivity index (χ2v) is 9.26. The van der Waals surface area contributed by atoms with Gasteiger partial charge in [0.1, 0.15) is 5.75 Å². The highest BCUT2D eigenvalue weighted by Crippen LogP contribution is 2.38. The van der Waals surface area contributed by atoms with E-state index in [1.165, 1.54) is 11.3 Å². The van der Waals surface area contributed by atoms with Crippen molar-refractivity contribution in [3.8, 4) is 5.75 Å². The summed E-state index contributed by atoms with van der Waals surface area (Å²) in [7, 11) is 1.64. The molecule has 0 aliphatic carbocycles. The molecule has 0 amide bonds. The van der Waals surface area contributed by atoms with Gasteiger partial charge in [0, 0.05) is 17.2 Å². The second kappa shape index (κ2) is 7.63. The maximum Gasteiger partial charge on any atom is 0.239 e. The molecule has 138 valence electrons. The Labute approximate surface area is 160 Å². The molecule has 9 heteroatoms. The lowest BCUT2D eigenvalue weighted by molar-refractivity contribution is 0.364. The average Bonchev–Trinajstić information content (AvgIpc) is 3.24. The Balaban J connectivity index is 1.65.